The molecule has 1 rings (SSSR count). The molecule has 1 fully saturated rings. The van der Waals surface area contributed by atoms with E-state index < -0.39 is 17.9 Å². The Kier molecular flexibility index (Phi) is 5.97. The fourth-order valence-electron chi connectivity index (χ4n) is 2.15. The van der Waals surface area contributed by atoms with Gasteiger partial charge in [-0.25, -0.2) is 4.79 Å². The summed E-state index contributed by atoms with van der Waals surface area (Å²) >= 11 is 0. The Hall–Kier alpha value is -1.10. The first kappa shape index (κ1) is 14.0. The number of ether oxygens (including phenoxy) is 1. The first-order valence-electron chi connectivity index (χ1n) is 6.35. The third-order valence-corrected chi connectivity index (χ3v) is 3.15. The maximum atomic E-state index is 11.5. The summed E-state index contributed by atoms with van der Waals surface area (Å²) in [5.41, 5.74) is 5.45. The van der Waals surface area contributed by atoms with E-state index in [4.69, 9.17) is 5.73 Å². The summed E-state index contributed by atoms with van der Waals surface area (Å²) in [7, 11) is 0. The normalized spacial score (nSPS) is 17.8. The summed E-state index contributed by atoms with van der Waals surface area (Å²) in [4.78, 5) is 22.7. The second kappa shape index (κ2) is 7.27. The van der Waals surface area contributed by atoms with Crippen molar-refractivity contribution in [2.45, 2.75) is 45.1 Å². The summed E-state index contributed by atoms with van der Waals surface area (Å²) < 4.78 is 4.68. The molecule has 0 heterocycles. The van der Waals surface area contributed by atoms with Crippen LogP contribution in [0.1, 0.15) is 39.0 Å². The Bertz CT molecular complexity index is 262. The molecule has 0 aliphatic heterocycles. The first-order chi connectivity index (χ1) is 8.15. The fraction of sp³-hybridized carbons (Fsp3) is 0.833. The highest BCUT2D eigenvalue weighted by molar-refractivity contribution is 6.01. The van der Waals surface area contributed by atoms with E-state index in [1.807, 2.05) is 0 Å². The summed E-state index contributed by atoms with van der Waals surface area (Å²) in [5, 5.41) is 2.68. The fourth-order valence-corrected chi connectivity index (χ4v) is 2.15. The Labute approximate surface area is 102 Å². The van der Waals surface area contributed by atoms with Crippen molar-refractivity contribution in [1.29, 1.82) is 0 Å². The zero-order valence-electron chi connectivity index (χ0n) is 10.4. The van der Waals surface area contributed by atoms with Crippen molar-refractivity contribution in [2.24, 2.45) is 11.7 Å². The number of amides is 1. The molecule has 0 aromatic heterocycles. The minimum absolute atomic E-state index is 0.238. The van der Waals surface area contributed by atoms with Crippen LogP contribution in [0.25, 0.3) is 0 Å². The summed E-state index contributed by atoms with van der Waals surface area (Å²) in [6.07, 6.45) is 6.06. The van der Waals surface area contributed by atoms with Gasteiger partial charge in [-0.05, 0) is 19.3 Å². The van der Waals surface area contributed by atoms with E-state index in [2.05, 4.69) is 10.1 Å². The van der Waals surface area contributed by atoms with Crippen LogP contribution in [0.5, 0.6) is 0 Å². The minimum Gasteiger partial charge on any atom is -0.464 e. The van der Waals surface area contributed by atoms with E-state index >= 15 is 0 Å². The van der Waals surface area contributed by atoms with E-state index in [1.165, 1.54) is 25.7 Å². The van der Waals surface area contributed by atoms with Crippen LogP contribution in [0.3, 0.4) is 0 Å². The third kappa shape index (κ3) is 4.73. The summed E-state index contributed by atoms with van der Waals surface area (Å²) in [6, 6.07) is -1.20. The standard InChI is InChI=1S/C12H22N2O3/c1-2-17-12(16)10(13)11(15)14-8-7-9-5-3-4-6-9/h9-10H,2-8,13H2,1H3,(H,14,15). The molecule has 5 heteroatoms. The molecule has 3 N–H and O–H groups in total. The zero-order valence-corrected chi connectivity index (χ0v) is 10.4. The van der Waals surface area contributed by atoms with Gasteiger partial charge < -0.3 is 15.8 Å². The molecule has 17 heavy (non-hydrogen) atoms. The van der Waals surface area contributed by atoms with Crippen molar-refractivity contribution in [3.63, 3.8) is 0 Å². The molecule has 0 aromatic rings. The van der Waals surface area contributed by atoms with Crippen molar-refractivity contribution in [3.8, 4) is 0 Å². The second-order valence-electron chi connectivity index (χ2n) is 4.46. The number of carbonyl (C=O) groups excluding carboxylic acids is 2. The minimum atomic E-state index is -1.20. The molecule has 0 bridgehead atoms. The van der Waals surface area contributed by atoms with Crippen LogP contribution in [-0.2, 0) is 14.3 Å². The van der Waals surface area contributed by atoms with Gasteiger partial charge in [0.2, 0.25) is 5.91 Å². The summed E-state index contributed by atoms with van der Waals surface area (Å²) in [5.74, 6) is -0.388. The molecule has 1 saturated carbocycles. The Morgan fingerprint density at radius 2 is 2.06 bits per heavy atom. The predicted molar refractivity (Wildman–Crippen MR) is 64.2 cm³/mol. The number of rotatable bonds is 6. The van der Waals surface area contributed by atoms with Gasteiger partial charge in [0, 0.05) is 6.54 Å². The molecule has 1 amide bonds. The van der Waals surface area contributed by atoms with E-state index in [-0.39, 0.29) is 6.61 Å². The Balaban J connectivity index is 2.16. The van der Waals surface area contributed by atoms with E-state index in [9.17, 15) is 9.59 Å². The average Bonchev–Trinajstić information content (AvgIpc) is 2.81. The zero-order chi connectivity index (χ0) is 12.7. The maximum Gasteiger partial charge on any atom is 0.332 e. The van der Waals surface area contributed by atoms with Crippen molar-refractivity contribution < 1.29 is 14.3 Å². The number of carbonyl (C=O) groups is 2. The number of esters is 1. The molecule has 1 atom stereocenters. The van der Waals surface area contributed by atoms with Gasteiger partial charge in [-0.15, -0.1) is 0 Å². The molecular formula is C12H22N2O3. The monoisotopic (exact) mass is 242 g/mol. The molecule has 1 aliphatic carbocycles. The SMILES string of the molecule is CCOC(=O)C(N)C(=O)NCCC1CCCC1. The highest BCUT2D eigenvalue weighted by atomic mass is 16.5. The number of hydrogen-bond acceptors (Lipinski definition) is 4. The van der Waals surface area contributed by atoms with Crippen molar-refractivity contribution in [2.75, 3.05) is 13.2 Å². The molecule has 98 valence electrons. The van der Waals surface area contributed by atoms with Gasteiger partial charge in [-0.1, -0.05) is 25.7 Å². The lowest BCUT2D eigenvalue weighted by Crippen LogP contribution is -2.47. The molecule has 0 saturated heterocycles. The van der Waals surface area contributed by atoms with Gasteiger partial charge in [-0.2, -0.15) is 0 Å². The van der Waals surface area contributed by atoms with Crippen LogP contribution in [0.15, 0.2) is 0 Å². The third-order valence-electron chi connectivity index (χ3n) is 3.15. The number of nitrogens with one attached hydrogen (secondary N) is 1. The molecule has 5 nitrogen and oxygen atoms in total. The van der Waals surface area contributed by atoms with Crippen molar-refractivity contribution in [3.05, 3.63) is 0 Å². The van der Waals surface area contributed by atoms with E-state index in [0.29, 0.717) is 12.5 Å². The van der Waals surface area contributed by atoms with Crippen LogP contribution in [-0.4, -0.2) is 31.1 Å². The first-order valence-corrected chi connectivity index (χ1v) is 6.35. The lowest BCUT2D eigenvalue weighted by molar-refractivity contribution is -0.147. The molecule has 1 aliphatic rings. The van der Waals surface area contributed by atoms with Gasteiger partial charge in [0.25, 0.3) is 0 Å². The quantitative estimate of drug-likeness (QED) is 0.527. The molecule has 0 radical (unpaired) electrons. The largest absolute Gasteiger partial charge is 0.464 e. The topological polar surface area (TPSA) is 81.4 Å². The van der Waals surface area contributed by atoms with Crippen LogP contribution in [0.4, 0.5) is 0 Å². The summed E-state index contributed by atoms with van der Waals surface area (Å²) in [6.45, 7) is 2.51. The molecule has 0 spiro atoms. The molecule has 1 unspecified atom stereocenters. The maximum absolute atomic E-state index is 11.5. The smallest absolute Gasteiger partial charge is 0.332 e. The van der Waals surface area contributed by atoms with Crippen LogP contribution in [0, 0.1) is 5.92 Å². The van der Waals surface area contributed by atoms with Crippen molar-refractivity contribution >= 4 is 11.9 Å². The number of hydrogen-bond donors (Lipinski definition) is 2. The van der Waals surface area contributed by atoms with Crippen molar-refractivity contribution in [1.82, 2.24) is 5.32 Å². The second-order valence-corrected chi connectivity index (χ2v) is 4.46. The van der Waals surface area contributed by atoms with Crippen LogP contribution in [0.2, 0.25) is 0 Å². The average molecular weight is 242 g/mol. The molecule has 0 aromatic carbocycles. The van der Waals surface area contributed by atoms with E-state index in [0.717, 1.165) is 6.42 Å². The Morgan fingerprint density at radius 3 is 2.65 bits per heavy atom. The van der Waals surface area contributed by atoms with Gasteiger partial charge in [0.1, 0.15) is 0 Å². The van der Waals surface area contributed by atoms with Gasteiger partial charge in [0.15, 0.2) is 6.04 Å². The number of nitrogens with two attached hydrogens (primary N) is 1. The van der Waals surface area contributed by atoms with Crippen LogP contribution < -0.4 is 11.1 Å². The van der Waals surface area contributed by atoms with Gasteiger partial charge in [-0.3, -0.25) is 4.79 Å². The highest BCUT2D eigenvalue weighted by Gasteiger charge is 2.23. The predicted octanol–water partition coefficient (Wildman–Crippen LogP) is 0.573. The van der Waals surface area contributed by atoms with Gasteiger partial charge in [0.05, 0.1) is 6.61 Å². The van der Waals surface area contributed by atoms with Gasteiger partial charge >= 0.3 is 5.97 Å². The molecular weight excluding hydrogens is 220 g/mol. The Morgan fingerprint density at radius 1 is 1.41 bits per heavy atom. The lowest BCUT2D eigenvalue weighted by Gasteiger charge is -2.13. The van der Waals surface area contributed by atoms with E-state index in [1.54, 1.807) is 6.92 Å². The van der Waals surface area contributed by atoms with Crippen LogP contribution >= 0.6 is 0 Å². The lowest BCUT2D eigenvalue weighted by atomic mass is 10.0. The highest BCUT2D eigenvalue weighted by Crippen LogP contribution is 2.26.